The third-order valence-corrected chi connectivity index (χ3v) is 4.47. The van der Waals surface area contributed by atoms with Crippen LogP contribution in [0.1, 0.15) is 41.4 Å². The largest absolute Gasteiger partial charge is 0.422 e. The SMILES string of the molecule is CCCCn1nc(C(=O)Oc2ccc(C)c(C)c2)c2ccccc2c1=O. The lowest BCUT2D eigenvalue weighted by Gasteiger charge is -2.11. The van der Waals surface area contributed by atoms with Crippen LogP contribution in [-0.4, -0.2) is 15.7 Å². The summed E-state index contributed by atoms with van der Waals surface area (Å²) in [6.07, 6.45) is 1.75. The van der Waals surface area contributed by atoms with Gasteiger partial charge in [0, 0.05) is 11.9 Å². The lowest BCUT2D eigenvalue weighted by atomic mass is 10.1. The van der Waals surface area contributed by atoms with Crippen molar-refractivity contribution in [2.75, 3.05) is 0 Å². The molecular formula is C21H22N2O3. The van der Waals surface area contributed by atoms with Crippen molar-refractivity contribution in [3.8, 4) is 5.75 Å². The minimum absolute atomic E-state index is 0.162. The van der Waals surface area contributed by atoms with Crippen molar-refractivity contribution in [1.29, 1.82) is 0 Å². The highest BCUT2D eigenvalue weighted by Gasteiger charge is 2.18. The fourth-order valence-electron chi connectivity index (χ4n) is 2.78. The van der Waals surface area contributed by atoms with Crippen molar-refractivity contribution in [2.24, 2.45) is 0 Å². The Hall–Kier alpha value is -2.95. The number of carbonyl (C=O) groups is 1. The van der Waals surface area contributed by atoms with E-state index in [9.17, 15) is 9.59 Å². The number of esters is 1. The zero-order valence-electron chi connectivity index (χ0n) is 15.3. The number of aromatic nitrogens is 2. The summed E-state index contributed by atoms with van der Waals surface area (Å²) in [6.45, 7) is 6.48. The van der Waals surface area contributed by atoms with Crippen molar-refractivity contribution in [3.63, 3.8) is 0 Å². The standard InChI is InChI=1S/C21H22N2O3/c1-4-5-12-23-20(24)18-9-7-6-8-17(18)19(22-23)21(25)26-16-11-10-14(2)15(3)13-16/h6-11,13H,4-5,12H2,1-3H3. The number of benzene rings is 2. The summed E-state index contributed by atoms with van der Waals surface area (Å²) in [5, 5.41) is 5.29. The van der Waals surface area contributed by atoms with Gasteiger partial charge < -0.3 is 4.74 Å². The van der Waals surface area contributed by atoms with Gasteiger partial charge in [-0.1, -0.05) is 37.6 Å². The lowest BCUT2D eigenvalue weighted by Crippen LogP contribution is -2.27. The number of unbranched alkanes of at least 4 members (excludes halogenated alkanes) is 1. The number of carbonyl (C=O) groups excluding carboxylic acids is 1. The summed E-state index contributed by atoms with van der Waals surface area (Å²) < 4.78 is 6.89. The van der Waals surface area contributed by atoms with E-state index < -0.39 is 5.97 Å². The van der Waals surface area contributed by atoms with Crippen LogP contribution in [0.4, 0.5) is 0 Å². The average molecular weight is 350 g/mol. The maximum atomic E-state index is 12.8. The van der Waals surface area contributed by atoms with Gasteiger partial charge in [-0.05, 0) is 49.6 Å². The summed E-state index contributed by atoms with van der Waals surface area (Å²) in [6, 6.07) is 12.5. The minimum atomic E-state index is -0.560. The average Bonchev–Trinajstić information content (AvgIpc) is 2.64. The van der Waals surface area contributed by atoms with Gasteiger partial charge in [-0.15, -0.1) is 0 Å². The number of aryl methyl sites for hydroxylation is 3. The van der Waals surface area contributed by atoms with E-state index >= 15 is 0 Å². The van der Waals surface area contributed by atoms with Gasteiger partial charge in [0.25, 0.3) is 5.56 Å². The predicted molar refractivity (Wildman–Crippen MR) is 102 cm³/mol. The van der Waals surface area contributed by atoms with Crippen LogP contribution in [0.25, 0.3) is 10.8 Å². The second-order valence-corrected chi connectivity index (χ2v) is 6.41. The Labute approximate surface area is 152 Å². The van der Waals surface area contributed by atoms with Crippen molar-refractivity contribution < 1.29 is 9.53 Å². The van der Waals surface area contributed by atoms with Crippen LogP contribution in [0.15, 0.2) is 47.3 Å². The number of hydrogen-bond acceptors (Lipinski definition) is 4. The molecule has 0 saturated heterocycles. The fraction of sp³-hybridized carbons (Fsp3) is 0.286. The Bertz CT molecular complexity index is 1020. The molecule has 0 aliphatic carbocycles. The molecule has 0 unspecified atom stereocenters. The molecule has 0 fully saturated rings. The topological polar surface area (TPSA) is 61.2 Å². The molecular weight excluding hydrogens is 328 g/mol. The Morgan fingerprint density at radius 3 is 2.50 bits per heavy atom. The van der Waals surface area contributed by atoms with Gasteiger partial charge in [-0.2, -0.15) is 5.10 Å². The Kier molecular flexibility index (Phi) is 5.16. The van der Waals surface area contributed by atoms with Crippen molar-refractivity contribution >= 4 is 16.7 Å². The van der Waals surface area contributed by atoms with Gasteiger partial charge in [0.2, 0.25) is 0 Å². The first-order valence-electron chi connectivity index (χ1n) is 8.80. The molecule has 1 heterocycles. The van der Waals surface area contributed by atoms with Crippen molar-refractivity contribution in [2.45, 2.75) is 40.2 Å². The van der Waals surface area contributed by atoms with Gasteiger partial charge in [-0.3, -0.25) is 4.79 Å². The predicted octanol–water partition coefficient (Wildman–Crippen LogP) is 4.03. The Morgan fingerprint density at radius 2 is 1.81 bits per heavy atom. The highest BCUT2D eigenvalue weighted by molar-refractivity contribution is 6.02. The maximum absolute atomic E-state index is 12.8. The van der Waals surface area contributed by atoms with E-state index in [4.69, 9.17) is 4.74 Å². The molecule has 0 aliphatic rings. The highest BCUT2D eigenvalue weighted by Crippen LogP contribution is 2.20. The van der Waals surface area contributed by atoms with E-state index in [1.807, 2.05) is 32.9 Å². The van der Waals surface area contributed by atoms with Gasteiger partial charge in [0.05, 0.1) is 5.39 Å². The second-order valence-electron chi connectivity index (χ2n) is 6.41. The maximum Gasteiger partial charge on any atom is 0.364 e. The molecule has 1 aromatic heterocycles. The van der Waals surface area contributed by atoms with E-state index in [1.54, 1.807) is 30.3 Å². The van der Waals surface area contributed by atoms with Crippen molar-refractivity contribution in [3.05, 3.63) is 69.6 Å². The molecule has 0 aliphatic heterocycles. The number of fused-ring (bicyclic) bond motifs is 1. The van der Waals surface area contributed by atoms with E-state index in [2.05, 4.69) is 5.10 Å². The molecule has 26 heavy (non-hydrogen) atoms. The van der Waals surface area contributed by atoms with Crippen molar-refractivity contribution in [1.82, 2.24) is 9.78 Å². The number of rotatable bonds is 5. The number of ether oxygens (including phenoxy) is 1. The molecule has 0 radical (unpaired) electrons. The van der Waals surface area contributed by atoms with Crippen LogP contribution in [0.5, 0.6) is 5.75 Å². The quantitative estimate of drug-likeness (QED) is 0.515. The summed E-state index contributed by atoms with van der Waals surface area (Å²) in [4.78, 5) is 25.4. The first-order valence-corrected chi connectivity index (χ1v) is 8.80. The van der Waals surface area contributed by atoms with Crippen LogP contribution in [0.3, 0.4) is 0 Å². The second kappa shape index (κ2) is 7.52. The van der Waals surface area contributed by atoms with E-state index in [0.29, 0.717) is 23.1 Å². The van der Waals surface area contributed by atoms with Crippen LogP contribution < -0.4 is 10.3 Å². The van der Waals surface area contributed by atoms with E-state index in [0.717, 1.165) is 24.0 Å². The zero-order chi connectivity index (χ0) is 18.7. The molecule has 2 aromatic carbocycles. The summed E-state index contributed by atoms with van der Waals surface area (Å²) in [5.74, 6) is -0.0926. The zero-order valence-corrected chi connectivity index (χ0v) is 15.3. The first-order chi connectivity index (χ1) is 12.5. The van der Waals surface area contributed by atoms with Gasteiger partial charge >= 0.3 is 5.97 Å². The van der Waals surface area contributed by atoms with Crippen LogP contribution in [0.2, 0.25) is 0 Å². The third kappa shape index (κ3) is 3.52. The number of nitrogens with zero attached hydrogens (tertiary/aromatic N) is 2. The first kappa shape index (κ1) is 17.9. The molecule has 3 aromatic rings. The molecule has 5 heteroatoms. The van der Waals surface area contributed by atoms with Gasteiger partial charge in [0.15, 0.2) is 5.69 Å². The monoisotopic (exact) mass is 350 g/mol. The molecule has 0 saturated carbocycles. The lowest BCUT2D eigenvalue weighted by molar-refractivity contribution is 0.0728. The summed E-state index contributed by atoms with van der Waals surface area (Å²) in [7, 11) is 0. The van der Waals surface area contributed by atoms with E-state index in [-0.39, 0.29) is 11.3 Å². The van der Waals surface area contributed by atoms with Gasteiger partial charge in [-0.25, -0.2) is 9.48 Å². The van der Waals surface area contributed by atoms with Crippen LogP contribution >= 0.6 is 0 Å². The summed E-state index contributed by atoms with van der Waals surface area (Å²) >= 11 is 0. The Balaban J connectivity index is 2.04. The molecule has 0 spiro atoms. The molecule has 0 bridgehead atoms. The van der Waals surface area contributed by atoms with E-state index in [1.165, 1.54) is 4.68 Å². The third-order valence-electron chi connectivity index (χ3n) is 4.47. The molecule has 5 nitrogen and oxygen atoms in total. The number of hydrogen-bond donors (Lipinski definition) is 0. The molecule has 0 atom stereocenters. The molecule has 134 valence electrons. The molecule has 0 N–H and O–H groups in total. The normalized spacial score (nSPS) is 10.9. The highest BCUT2D eigenvalue weighted by atomic mass is 16.5. The Morgan fingerprint density at radius 1 is 1.08 bits per heavy atom. The molecule has 0 amide bonds. The summed E-state index contributed by atoms with van der Waals surface area (Å²) in [5.41, 5.74) is 2.15. The van der Waals surface area contributed by atoms with Gasteiger partial charge in [0.1, 0.15) is 5.75 Å². The minimum Gasteiger partial charge on any atom is -0.422 e. The van der Waals surface area contributed by atoms with Crippen LogP contribution in [0, 0.1) is 13.8 Å². The smallest absolute Gasteiger partial charge is 0.364 e. The van der Waals surface area contributed by atoms with Crippen LogP contribution in [-0.2, 0) is 6.54 Å². The molecule has 3 rings (SSSR count). The fourth-order valence-corrected chi connectivity index (χ4v) is 2.78.